The van der Waals surface area contributed by atoms with E-state index < -0.39 is 0 Å². The topological polar surface area (TPSA) is 103 Å². The van der Waals surface area contributed by atoms with E-state index in [0.717, 1.165) is 16.5 Å². The summed E-state index contributed by atoms with van der Waals surface area (Å²) in [6, 6.07) is 13.5. The van der Waals surface area contributed by atoms with Crippen molar-refractivity contribution in [2.75, 3.05) is 17.9 Å². The molecule has 7 heteroatoms. The molecule has 128 valence electrons. The number of nitrogens with zero attached hydrogens (tertiary/aromatic N) is 4. The van der Waals surface area contributed by atoms with E-state index in [1.54, 1.807) is 18.3 Å². The number of anilines is 2. The molecule has 2 heterocycles. The molecule has 0 amide bonds. The van der Waals surface area contributed by atoms with E-state index >= 15 is 0 Å². The summed E-state index contributed by atoms with van der Waals surface area (Å²) in [6.07, 6.45) is 1.78. The van der Waals surface area contributed by atoms with Gasteiger partial charge in [-0.3, -0.25) is 9.99 Å². The van der Waals surface area contributed by atoms with Crippen molar-refractivity contribution in [3.05, 3.63) is 59.9 Å². The number of hydrogen-bond acceptors (Lipinski definition) is 7. The summed E-state index contributed by atoms with van der Waals surface area (Å²) in [5, 5.41) is 6.48. The highest BCUT2D eigenvalue weighted by atomic mass is 16.6. The van der Waals surface area contributed by atoms with Crippen LogP contribution in [0.25, 0.3) is 10.9 Å². The first-order chi connectivity index (χ1) is 12.1. The molecule has 0 aliphatic heterocycles. The first kappa shape index (κ1) is 16.7. The highest BCUT2D eigenvalue weighted by molar-refractivity contribution is 5.97. The minimum atomic E-state index is 0.464. The number of oxime groups is 1. The van der Waals surface area contributed by atoms with Crippen LogP contribution in [0, 0.1) is 0 Å². The van der Waals surface area contributed by atoms with Gasteiger partial charge in [0, 0.05) is 11.6 Å². The summed E-state index contributed by atoms with van der Waals surface area (Å²) >= 11 is 0. The smallest absolute Gasteiger partial charge is 0.166 e. The number of fused-ring (bicyclic) bond motifs is 1. The van der Waals surface area contributed by atoms with E-state index in [4.69, 9.17) is 16.4 Å². The maximum absolute atomic E-state index is 6.22. The number of nitrogen functional groups attached to an aromatic ring is 1. The van der Waals surface area contributed by atoms with Crippen LogP contribution in [0.15, 0.2) is 53.8 Å². The Balaban J connectivity index is 1.87. The first-order valence-electron chi connectivity index (χ1n) is 7.79. The Labute approximate surface area is 145 Å². The standard InChI is InChI=1S/C18H20N6O/c1-12(23-25-2)16-8-6-15(19)18(22-16)24(20)11-13-5-7-17-14(10-13)4-3-9-21-17/h3-10H,11,19-20H2,1-2H3/b23-12-. The molecular formula is C18H20N6O. The molecule has 7 nitrogen and oxygen atoms in total. The number of hydrazine groups is 1. The number of benzene rings is 1. The Morgan fingerprint density at radius 3 is 2.88 bits per heavy atom. The minimum Gasteiger partial charge on any atom is -0.399 e. The van der Waals surface area contributed by atoms with Gasteiger partial charge in [-0.2, -0.15) is 0 Å². The fraction of sp³-hybridized carbons (Fsp3) is 0.167. The van der Waals surface area contributed by atoms with Crippen molar-refractivity contribution in [1.82, 2.24) is 9.97 Å². The van der Waals surface area contributed by atoms with Gasteiger partial charge < -0.3 is 10.6 Å². The van der Waals surface area contributed by atoms with Gasteiger partial charge in [0.25, 0.3) is 0 Å². The third kappa shape index (κ3) is 3.67. The summed E-state index contributed by atoms with van der Waals surface area (Å²) in [5.41, 5.74) is 9.83. The maximum Gasteiger partial charge on any atom is 0.166 e. The normalized spacial score (nSPS) is 11.6. The van der Waals surface area contributed by atoms with Crippen LogP contribution in [0.5, 0.6) is 0 Å². The summed E-state index contributed by atoms with van der Waals surface area (Å²) in [5.74, 6) is 6.71. The van der Waals surface area contributed by atoms with Gasteiger partial charge in [0.1, 0.15) is 12.8 Å². The molecule has 0 saturated heterocycles. The molecule has 0 aliphatic carbocycles. The van der Waals surface area contributed by atoms with E-state index in [0.29, 0.717) is 29.5 Å². The molecule has 25 heavy (non-hydrogen) atoms. The summed E-state index contributed by atoms with van der Waals surface area (Å²) < 4.78 is 0. The zero-order valence-corrected chi connectivity index (χ0v) is 14.2. The average Bonchev–Trinajstić information content (AvgIpc) is 2.62. The zero-order chi connectivity index (χ0) is 17.8. The van der Waals surface area contributed by atoms with Crippen molar-refractivity contribution in [1.29, 1.82) is 0 Å². The van der Waals surface area contributed by atoms with Crippen LogP contribution in [0.4, 0.5) is 11.5 Å². The van der Waals surface area contributed by atoms with Gasteiger partial charge in [-0.1, -0.05) is 17.3 Å². The largest absolute Gasteiger partial charge is 0.399 e. The predicted octanol–water partition coefficient (Wildman–Crippen LogP) is 2.46. The molecule has 3 rings (SSSR count). The van der Waals surface area contributed by atoms with Crippen LogP contribution in [0.2, 0.25) is 0 Å². The van der Waals surface area contributed by atoms with E-state index in [9.17, 15) is 0 Å². The van der Waals surface area contributed by atoms with Crippen molar-refractivity contribution < 1.29 is 4.84 Å². The second-order valence-corrected chi connectivity index (χ2v) is 5.63. The lowest BCUT2D eigenvalue weighted by Crippen LogP contribution is -2.32. The molecule has 3 aromatic rings. The molecule has 0 spiro atoms. The third-order valence-corrected chi connectivity index (χ3v) is 3.80. The molecule has 0 radical (unpaired) electrons. The lowest BCUT2D eigenvalue weighted by Gasteiger charge is -2.20. The van der Waals surface area contributed by atoms with Crippen molar-refractivity contribution in [3.63, 3.8) is 0 Å². The van der Waals surface area contributed by atoms with Crippen molar-refractivity contribution in [2.45, 2.75) is 13.5 Å². The molecule has 0 bridgehead atoms. The molecular weight excluding hydrogens is 316 g/mol. The highest BCUT2D eigenvalue weighted by Gasteiger charge is 2.12. The fourth-order valence-corrected chi connectivity index (χ4v) is 2.57. The molecule has 0 unspecified atom stereocenters. The molecule has 4 N–H and O–H groups in total. The van der Waals surface area contributed by atoms with Crippen LogP contribution >= 0.6 is 0 Å². The Bertz CT molecular complexity index is 924. The number of nitrogens with two attached hydrogens (primary N) is 2. The van der Waals surface area contributed by atoms with E-state index in [2.05, 4.69) is 21.2 Å². The monoisotopic (exact) mass is 336 g/mol. The lowest BCUT2D eigenvalue weighted by molar-refractivity contribution is 0.213. The quantitative estimate of drug-likeness (QED) is 0.421. The van der Waals surface area contributed by atoms with Gasteiger partial charge in [-0.15, -0.1) is 0 Å². The summed E-state index contributed by atoms with van der Waals surface area (Å²) in [6.45, 7) is 2.27. The van der Waals surface area contributed by atoms with Gasteiger partial charge in [0.05, 0.1) is 23.4 Å². The van der Waals surface area contributed by atoms with Crippen LogP contribution in [-0.2, 0) is 11.4 Å². The van der Waals surface area contributed by atoms with Crippen molar-refractivity contribution in [2.24, 2.45) is 11.0 Å². The van der Waals surface area contributed by atoms with Crippen LogP contribution in [0.1, 0.15) is 18.2 Å². The Kier molecular flexibility index (Phi) is 4.76. The fourth-order valence-electron chi connectivity index (χ4n) is 2.57. The number of pyridine rings is 2. The highest BCUT2D eigenvalue weighted by Crippen LogP contribution is 2.22. The first-order valence-corrected chi connectivity index (χ1v) is 7.79. The maximum atomic E-state index is 6.22. The van der Waals surface area contributed by atoms with Gasteiger partial charge in [-0.25, -0.2) is 10.8 Å². The van der Waals surface area contributed by atoms with Crippen molar-refractivity contribution in [3.8, 4) is 0 Å². The molecule has 2 aromatic heterocycles. The molecule has 0 aliphatic rings. The van der Waals surface area contributed by atoms with Crippen LogP contribution < -0.4 is 16.6 Å². The summed E-state index contributed by atoms with van der Waals surface area (Å²) in [7, 11) is 1.49. The van der Waals surface area contributed by atoms with Crippen molar-refractivity contribution >= 4 is 28.1 Å². The van der Waals surface area contributed by atoms with Gasteiger partial charge in [0.2, 0.25) is 0 Å². The van der Waals surface area contributed by atoms with Crippen LogP contribution in [-0.4, -0.2) is 22.8 Å². The number of aromatic nitrogens is 2. The number of rotatable bonds is 5. The van der Waals surface area contributed by atoms with E-state index in [1.165, 1.54) is 12.1 Å². The predicted molar refractivity (Wildman–Crippen MR) is 100.0 cm³/mol. The summed E-state index contributed by atoms with van der Waals surface area (Å²) in [4.78, 5) is 13.6. The molecule has 0 fully saturated rings. The number of hydrogen-bond donors (Lipinski definition) is 2. The Morgan fingerprint density at radius 2 is 2.08 bits per heavy atom. The van der Waals surface area contributed by atoms with E-state index in [-0.39, 0.29) is 0 Å². The van der Waals surface area contributed by atoms with Crippen LogP contribution in [0.3, 0.4) is 0 Å². The molecule has 1 aromatic carbocycles. The molecule has 0 atom stereocenters. The Hall–Kier alpha value is -3.19. The average molecular weight is 336 g/mol. The minimum absolute atomic E-state index is 0.464. The third-order valence-electron chi connectivity index (χ3n) is 3.80. The SMILES string of the molecule is CO/N=C(/C)c1ccc(N)c(N(N)Cc2ccc3ncccc3c2)n1. The van der Waals surface area contributed by atoms with Gasteiger partial charge >= 0.3 is 0 Å². The van der Waals surface area contributed by atoms with E-state index in [1.807, 2.05) is 31.2 Å². The van der Waals surface area contributed by atoms with Gasteiger partial charge in [-0.05, 0) is 42.8 Å². The lowest BCUT2D eigenvalue weighted by atomic mass is 10.1. The van der Waals surface area contributed by atoms with Gasteiger partial charge in [0.15, 0.2) is 5.82 Å². The Morgan fingerprint density at radius 1 is 1.24 bits per heavy atom. The second-order valence-electron chi connectivity index (χ2n) is 5.63. The second kappa shape index (κ2) is 7.14. The molecule has 0 saturated carbocycles. The zero-order valence-electron chi connectivity index (χ0n) is 14.2.